The van der Waals surface area contributed by atoms with E-state index in [1.54, 1.807) is 6.92 Å². The van der Waals surface area contributed by atoms with Crippen molar-refractivity contribution in [2.24, 2.45) is 0 Å². The molecule has 0 radical (unpaired) electrons. The van der Waals surface area contributed by atoms with Crippen LogP contribution in [0.3, 0.4) is 0 Å². The number of hydrogen-bond donors (Lipinski definition) is 0. The van der Waals surface area contributed by atoms with Crippen LogP contribution >= 0.6 is 0 Å². The summed E-state index contributed by atoms with van der Waals surface area (Å²) in [7, 11) is -4.42. The van der Waals surface area contributed by atoms with E-state index in [4.69, 9.17) is 0 Å². The minimum absolute atomic E-state index is 0.229. The summed E-state index contributed by atoms with van der Waals surface area (Å²) in [5.41, 5.74) is 0.841. The smallest absolute Gasteiger partial charge is 0.197 e. The standard InChI is InChI=1S/C13H18F2O3S/c1-3-4-5-10-13(14,15)18-19(16,17)12-8-6-11(2)7-9-12/h6-9H,3-5,10H2,1-2H3. The fourth-order valence-electron chi connectivity index (χ4n) is 1.54. The van der Waals surface area contributed by atoms with Gasteiger partial charge in [0.05, 0.1) is 4.90 Å². The second-order valence-corrected chi connectivity index (χ2v) is 5.99. The van der Waals surface area contributed by atoms with Crippen LogP contribution < -0.4 is 0 Å². The zero-order chi connectivity index (χ0) is 14.5. The summed E-state index contributed by atoms with van der Waals surface area (Å²) in [4.78, 5) is -0.256. The Kier molecular flexibility index (Phi) is 5.43. The zero-order valence-corrected chi connectivity index (χ0v) is 11.8. The highest BCUT2D eigenvalue weighted by molar-refractivity contribution is 7.86. The van der Waals surface area contributed by atoms with E-state index in [0.29, 0.717) is 6.42 Å². The molecular weight excluding hydrogens is 274 g/mol. The van der Waals surface area contributed by atoms with Crippen molar-refractivity contribution in [3.63, 3.8) is 0 Å². The third kappa shape index (κ3) is 5.24. The Bertz CT molecular complexity index is 495. The highest BCUT2D eigenvalue weighted by Gasteiger charge is 2.36. The topological polar surface area (TPSA) is 43.4 Å². The second kappa shape index (κ2) is 6.43. The number of benzene rings is 1. The molecule has 0 saturated carbocycles. The van der Waals surface area contributed by atoms with Crippen molar-refractivity contribution in [1.29, 1.82) is 0 Å². The van der Waals surface area contributed by atoms with E-state index in [1.807, 2.05) is 6.92 Å². The molecule has 0 atom stereocenters. The van der Waals surface area contributed by atoms with Crippen molar-refractivity contribution < 1.29 is 21.4 Å². The lowest BCUT2D eigenvalue weighted by Gasteiger charge is -2.16. The molecule has 0 unspecified atom stereocenters. The molecule has 6 heteroatoms. The van der Waals surface area contributed by atoms with Crippen molar-refractivity contribution in [3.8, 4) is 0 Å². The maximum absolute atomic E-state index is 13.4. The molecule has 1 aromatic carbocycles. The predicted octanol–water partition coefficient (Wildman–Crippen LogP) is 3.87. The van der Waals surface area contributed by atoms with E-state index in [9.17, 15) is 17.2 Å². The van der Waals surface area contributed by atoms with E-state index >= 15 is 0 Å². The first kappa shape index (κ1) is 16.0. The molecule has 0 aromatic heterocycles. The molecular formula is C13H18F2O3S. The van der Waals surface area contributed by atoms with Crippen LogP contribution in [0.4, 0.5) is 8.78 Å². The summed E-state index contributed by atoms with van der Waals surface area (Å²) < 4.78 is 54.2. The Hall–Kier alpha value is -1.01. The monoisotopic (exact) mass is 292 g/mol. The number of halogens is 2. The van der Waals surface area contributed by atoms with Crippen LogP contribution in [0.2, 0.25) is 0 Å². The van der Waals surface area contributed by atoms with Crippen LogP contribution in [0.15, 0.2) is 29.2 Å². The van der Waals surface area contributed by atoms with E-state index < -0.39 is 22.6 Å². The molecule has 0 N–H and O–H groups in total. The van der Waals surface area contributed by atoms with Crippen molar-refractivity contribution in [1.82, 2.24) is 0 Å². The number of hydrogen-bond acceptors (Lipinski definition) is 3. The maximum atomic E-state index is 13.4. The predicted molar refractivity (Wildman–Crippen MR) is 68.5 cm³/mol. The average Bonchev–Trinajstić information content (AvgIpc) is 2.28. The number of unbranched alkanes of at least 4 members (excludes halogenated alkanes) is 2. The highest BCUT2D eigenvalue weighted by atomic mass is 32.2. The fraction of sp³-hybridized carbons (Fsp3) is 0.538. The van der Waals surface area contributed by atoms with Gasteiger partial charge in [-0.15, -0.1) is 0 Å². The Morgan fingerprint density at radius 1 is 1.16 bits per heavy atom. The molecule has 19 heavy (non-hydrogen) atoms. The summed E-state index contributed by atoms with van der Waals surface area (Å²) in [6, 6.07) is 5.58. The van der Waals surface area contributed by atoms with Crippen molar-refractivity contribution in [2.75, 3.05) is 0 Å². The van der Waals surface area contributed by atoms with Gasteiger partial charge in [0.25, 0.3) is 0 Å². The third-order valence-corrected chi connectivity index (χ3v) is 3.93. The minimum atomic E-state index is -4.42. The van der Waals surface area contributed by atoms with Gasteiger partial charge < -0.3 is 0 Å². The van der Waals surface area contributed by atoms with Gasteiger partial charge in [0.15, 0.2) is 0 Å². The summed E-state index contributed by atoms with van der Waals surface area (Å²) in [6.07, 6.45) is -2.62. The lowest BCUT2D eigenvalue weighted by molar-refractivity contribution is -0.177. The molecule has 1 rings (SSSR count). The fourth-order valence-corrected chi connectivity index (χ4v) is 2.51. The van der Waals surface area contributed by atoms with Gasteiger partial charge in [-0.25, -0.2) is 0 Å². The first-order chi connectivity index (χ1) is 8.77. The molecule has 0 heterocycles. The molecule has 1 aromatic rings. The molecule has 108 valence electrons. The summed E-state index contributed by atoms with van der Waals surface area (Å²) in [5.74, 6) is 0. The number of alkyl halides is 2. The molecule has 0 saturated heterocycles. The Morgan fingerprint density at radius 2 is 1.74 bits per heavy atom. The lowest BCUT2D eigenvalue weighted by atomic mass is 10.2. The molecule has 0 aliphatic heterocycles. The Morgan fingerprint density at radius 3 is 2.26 bits per heavy atom. The average molecular weight is 292 g/mol. The van der Waals surface area contributed by atoms with Crippen LogP contribution in [0, 0.1) is 6.92 Å². The van der Waals surface area contributed by atoms with Crippen LogP contribution in [0.1, 0.15) is 38.2 Å². The number of rotatable bonds is 7. The molecule has 0 fully saturated rings. The van der Waals surface area contributed by atoms with Crippen LogP contribution in [0.25, 0.3) is 0 Å². The van der Waals surface area contributed by atoms with Crippen molar-refractivity contribution >= 4 is 10.1 Å². The molecule has 0 amide bonds. The van der Waals surface area contributed by atoms with Crippen LogP contribution in [-0.2, 0) is 14.3 Å². The van der Waals surface area contributed by atoms with E-state index in [0.717, 1.165) is 12.0 Å². The van der Waals surface area contributed by atoms with Gasteiger partial charge in [-0.3, -0.25) is 0 Å². The summed E-state index contributed by atoms with van der Waals surface area (Å²) >= 11 is 0. The molecule has 3 nitrogen and oxygen atoms in total. The second-order valence-electron chi connectivity index (χ2n) is 4.44. The van der Waals surface area contributed by atoms with Crippen LogP contribution in [0.5, 0.6) is 0 Å². The van der Waals surface area contributed by atoms with E-state index in [1.165, 1.54) is 24.3 Å². The summed E-state index contributed by atoms with van der Waals surface area (Å²) in [6.45, 7) is 3.65. The Labute approximate surface area is 112 Å². The quantitative estimate of drug-likeness (QED) is 0.566. The first-order valence-electron chi connectivity index (χ1n) is 6.17. The van der Waals surface area contributed by atoms with Gasteiger partial charge in [-0.1, -0.05) is 37.5 Å². The lowest BCUT2D eigenvalue weighted by Crippen LogP contribution is -2.25. The summed E-state index contributed by atoms with van der Waals surface area (Å²) in [5, 5.41) is 0. The number of aryl methyl sites for hydroxylation is 1. The highest BCUT2D eigenvalue weighted by Crippen LogP contribution is 2.28. The van der Waals surface area contributed by atoms with Gasteiger partial charge in [0.1, 0.15) is 0 Å². The van der Waals surface area contributed by atoms with Gasteiger partial charge in [-0.05, 0) is 25.5 Å². The van der Waals surface area contributed by atoms with E-state index in [-0.39, 0.29) is 11.3 Å². The maximum Gasteiger partial charge on any atom is 0.369 e. The molecule has 0 aliphatic carbocycles. The molecule has 0 aliphatic rings. The third-order valence-electron chi connectivity index (χ3n) is 2.61. The van der Waals surface area contributed by atoms with Crippen molar-refractivity contribution in [3.05, 3.63) is 29.8 Å². The van der Waals surface area contributed by atoms with Crippen LogP contribution in [-0.4, -0.2) is 14.5 Å². The van der Waals surface area contributed by atoms with Crippen molar-refractivity contribution in [2.45, 2.75) is 50.5 Å². The first-order valence-corrected chi connectivity index (χ1v) is 7.58. The van der Waals surface area contributed by atoms with Gasteiger partial charge in [-0.2, -0.15) is 21.4 Å². The van der Waals surface area contributed by atoms with E-state index in [2.05, 4.69) is 4.18 Å². The molecule has 0 spiro atoms. The van der Waals surface area contributed by atoms with Gasteiger partial charge in [0, 0.05) is 6.42 Å². The Balaban J connectivity index is 2.76. The zero-order valence-electron chi connectivity index (χ0n) is 11.0. The normalized spacial score (nSPS) is 12.6. The van der Waals surface area contributed by atoms with Gasteiger partial charge in [0.2, 0.25) is 0 Å². The minimum Gasteiger partial charge on any atom is -0.197 e. The largest absolute Gasteiger partial charge is 0.369 e. The SMILES string of the molecule is CCCCCC(F)(F)OS(=O)(=O)c1ccc(C)cc1. The van der Waals surface area contributed by atoms with Gasteiger partial charge >= 0.3 is 16.2 Å². The molecule has 0 bridgehead atoms.